The number of amides is 2. The molecule has 1 saturated carbocycles. The zero-order valence-electron chi connectivity index (χ0n) is 15.7. The number of carbonyl (C=O) groups excluding carboxylic acids is 2. The zero-order chi connectivity index (χ0) is 21.7. The van der Waals surface area contributed by atoms with Crippen LogP contribution in [0.25, 0.3) is 10.8 Å². The zero-order valence-corrected chi connectivity index (χ0v) is 16.6. The van der Waals surface area contributed by atoms with Crippen molar-refractivity contribution in [1.82, 2.24) is 5.06 Å². The summed E-state index contributed by atoms with van der Waals surface area (Å²) in [5, 5.41) is 0.640. The van der Waals surface area contributed by atoms with E-state index in [2.05, 4.69) is 4.28 Å². The molecule has 0 saturated heterocycles. The molecule has 1 fully saturated rings. The Kier molecular flexibility index (Phi) is 5.09. The third kappa shape index (κ3) is 3.47. The number of carbonyl (C=O) groups is 2. The van der Waals surface area contributed by atoms with Gasteiger partial charge in [0, 0.05) is 5.39 Å². The molecule has 6 nitrogen and oxygen atoms in total. The summed E-state index contributed by atoms with van der Waals surface area (Å²) in [5.74, 6) is -2.01. The molecule has 2 aromatic rings. The summed E-state index contributed by atoms with van der Waals surface area (Å²) in [6.45, 7) is 0. The topological polar surface area (TPSA) is 80.8 Å². The Balaban J connectivity index is 1.75. The van der Waals surface area contributed by atoms with Gasteiger partial charge in [-0.1, -0.05) is 50.3 Å². The molecule has 0 aromatic heterocycles. The maximum absolute atomic E-state index is 12.7. The van der Waals surface area contributed by atoms with Crippen molar-refractivity contribution in [3.8, 4) is 0 Å². The summed E-state index contributed by atoms with van der Waals surface area (Å²) in [5.41, 5.74) is -4.99. The van der Waals surface area contributed by atoms with Gasteiger partial charge < -0.3 is 0 Å². The van der Waals surface area contributed by atoms with Crippen molar-refractivity contribution >= 4 is 32.7 Å². The van der Waals surface area contributed by atoms with Gasteiger partial charge in [0.2, 0.25) is 0 Å². The summed E-state index contributed by atoms with van der Waals surface area (Å²) < 4.78 is 64.6. The van der Waals surface area contributed by atoms with E-state index in [0.717, 1.165) is 37.7 Å². The van der Waals surface area contributed by atoms with Crippen molar-refractivity contribution in [1.29, 1.82) is 0 Å². The van der Waals surface area contributed by atoms with Crippen LogP contribution in [0.4, 0.5) is 13.2 Å². The van der Waals surface area contributed by atoms with Gasteiger partial charge in [-0.3, -0.25) is 9.59 Å². The highest BCUT2D eigenvalue weighted by atomic mass is 32.2. The highest BCUT2D eigenvalue weighted by Crippen LogP contribution is 2.36. The quantitative estimate of drug-likeness (QED) is 0.521. The summed E-state index contributed by atoms with van der Waals surface area (Å²) >= 11 is 0. The lowest BCUT2D eigenvalue weighted by Crippen LogP contribution is -2.44. The number of hydroxylamine groups is 2. The number of rotatable bonds is 4. The number of nitrogens with zero attached hydrogens (tertiary/aromatic N) is 1. The van der Waals surface area contributed by atoms with Crippen LogP contribution in [0.1, 0.15) is 58.4 Å². The van der Waals surface area contributed by atoms with E-state index in [4.69, 9.17) is 0 Å². The molecule has 0 N–H and O–H groups in total. The molecule has 2 aliphatic rings. The second-order valence-corrected chi connectivity index (χ2v) is 9.11. The van der Waals surface area contributed by atoms with Gasteiger partial charge in [0.15, 0.2) is 0 Å². The summed E-state index contributed by atoms with van der Waals surface area (Å²) in [4.78, 5) is 25.3. The average molecular weight is 441 g/mol. The van der Waals surface area contributed by atoms with Crippen LogP contribution in [-0.2, 0) is 20.8 Å². The van der Waals surface area contributed by atoms with Crippen LogP contribution in [0.2, 0.25) is 0 Å². The van der Waals surface area contributed by atoms with Crippen molar-refractivity contribution in [2.75, 3.05) is 0 Å². The van der Waals surface area contributed by atoms with E-state index in [1.807, 2.05) is 0 Å². The highest BCUT2D eigenvalue weighted by Gasteiger charge is 2.51. The predicted octanol–water partition coefficient (Wildman–Crippen LogP) is 4.34. The summed E-state index contributed by atoms with van der Waals surface area (Å²) in [6.07, 6.45) is 6.48. The number of benzene rings is 2. The molecule has 0 spiro atoms. The first-order valence-electron chi connectivity index (χ1n) is 9.54. The molecule has 2 aromatic carbocycles. The van der Waals surface area contributed by atoms with Crippen LogP contribution in [-0.4, -0.2) is 30.8 Å². The number of imide groups is 1. The lowest BCUT2D eigenvalue weighted by atomic mass is 9.82. The Morgan fingerprint density at radius 1 is 0.967 bits per heavy atom. The largest absolute Gasteiger partial charge is 0.525 e. The van der Waals surface area contributed by atoms with E-state index in [9.17, 15) is 31.2 Å². The fraction of sp³-hybridized carbons (Fsp3) is 0.400. The lowest BCUT2D eigenvalue weighted by molar-refractivity contribution is -0.0761. The highest BCUT2D eigenvalue weighted by molar-refractivity contribution is 7.87. The Morgan fingerprint density at radius 2 is 1.60 bits per heavy atom. The normalized spacial score (nSPS) is 18.3. The number of hydrogen-bond acceptors (Lipinski definition) is 5. The molecular weight excluding hydrogens is 423 g/mol. The SMILES string of the molecule is O=C1c2cccc3c(CC4CCCCC4)ccc(c23)C(=O)N1OS(=O)(=O)C(F)(F)F. The van der Waals surface area contributed by atoms with Gasteiger partial charge >= 0.3 is 15.6 Å². The first kappa shape index (κ1) is 20.8. The van der Waals surface area contributed by atoms with Gasteiger partial charge in [-0.25, -0.2) is 0 Å². The molecule has 1 aliphatic heterocycles. The van der Waals surface area contributed by atoms with Gasteiger partial charge in [0.05, 0.1) is 11.1 Å². The standard InChI is InChI=1S/C20H18F3NO5S/c21-20(22,23)30(27,28)29-24-18(25)15-8-4-7-14-13(11-12-5-2-1-3-6-12)9-10-16(17(14)15)19(24)26/h4,7-10,12H,1-3,5-6,11H2. The Bertz CT molecular complexity index is 1110. The van der Waals surface area contributed by atoms with Crippen LogP contribution >= 0.6 is 0 Å². The molecule has 4 rings (SSSR count). The second-order valence-electron chi connectivity index (χ2n) is 7.59. The van der Waals surface area contributed by atoms with Crippen LogP contribution < -0.4 is 0 Å². The lowest BCUT2D eigenvalue weighted by Gasteiger charge is -2.27. The minimum Gasteiger partial charge on any atom is -0.266 e. The molecule has 0 unspecified atom stereocenters. The van der Waals surface area contributed by atoms with E-state index in [1.54, 1.807) is 18.2 Å². The Hall–Kier alpha value is -2.46. The van der Waals surface area contributed by atoms with Gasteiger partial charge in [0.1, 0.15) is 0 Å². The molecule has 0 radical (unpaired) electrons. The molecule has 2 amide bonds. The van der Waals surface area contributed by atoms with E-state index < -0.39 is 27.4 Å². The van der Waals surface area contributed by atoms with E-state index >= 15 is 0 Å². The third-order valence-electron chi connectivity index (χ3n) is 5.65. The maximum atomic E-state index is 12.7. The number of alkyl halides is 3. The van der Waals surface area contributed by atoms with Crippen molar-refractivity contribution in [3.63, 3.8) is 0 Å². The Labute approximate surface area is 170 Å². The fourth-order valence-electron chi connectivity index (χ4n) is 4.22. The number of halogens is 3. The smallest absolute Gasteiger partial charge is 0.266 e. The summed E-state index contributed by atoms with van der Waals surface area (Å²) in [7, 11) is -6.18. The van der Waals surface area contributed by atoms with E-state index in [0.29, 0.717) is 16.7 Å². The van der Waals surface area contributed by atoms with E-state index in [1.165, 1.54) is 18.6 Å². The number of hydrogen-bond donors (Lipinski definition) is 0. The minimum atomic E-state index is -6.18. The molecule has 30 heavy (non-hydrogen) atoms. The molecule has 10 heteroatoms. The van der Waals surface area contributed by atoms with Gasteiger partial charge in [-0.05, 0) is 35.4 Å². The predicted molar refractivity (Wildman–Crippen MR) is 101 cm³/mol. The molecule has 1 aliphatic carbocycles. The van der Waals surface area contributed by atoms with Crippen molar-refractivity contribution in [2.45, 2.75) is 44.0 Å². The van der Waals surface area contributed by atoms with E-state index in [-0.39, 0.29) is 16.2 Å². The Morgan fingerprint density at radius 3 is 2.23 bits per heavy atom. The van der Waals surface area contributed by atoms with Crippen LogP contribution in [0.5, 0.6) is 0 Å². The molecule has 160 valence electrons. The van der Waals surface area contributed by atoms with Crippen LogP contribution in [0.3, 0.4) is 0 Å². The third-order valence-corrected chi connectivity index (χ3v) is 6.56. The molecule has 0 atom stereocenters. The van der Waals surface area contributed by atoms with Gasteiger partial charge in [-0.15, -0.1) is 9.35 Å². The summed E-state index contributed by atoms with van der Waals surface area (Å²) in [6, 6.07) is 7.76. The van der Waals surface area contributed by atoms with Crippen LogP contribution in [0, 0.1) is 5.92 Å². The molecule has 0 bridgehead atoms. The van der Waals surface area contributed by atoms with Gasteiger partial charge in [-0.2, -0.15) is 21.6 Å². The van der Waals surface area contributed by atoms with Crippen LogP contribution in [0.15, 0.2) is 30.3 Å². The fourth-order valence-corrected chi connectivity index (χ4v) is 4.64. The molecule has 1 heterocycles. The van der Waals surface area contributed by atoms with Crippen molar-refractivity contribution in [2.24, 2.45) is 5.92 Å². The molecular formula is C20H18F3NO5S. The van der Waals surface area contributed by atoms with Gasteiger partial charge in [0.25, 0.3) is 11.8 Å². The first-order chi connectivity index (χ1) is 14.1. The average Bonchev–Trinajstić information content (AvgIpc) is 2.70. The van der Waals surface area contributed by atoms with Crippen molar-refractivity contribution in [3.05, 3.63) is 47.0 Å². The first-order valence-corrected chi connectivity index (χ1v) is 11.0. The monoisotopic (exact) mass is 441 g/mol. The van der Waals surface area contributed by atoms with Crippen molar-refractivity contribution < 1.29 is 35.5 Å². The maximum Gasteiger partial charge on any atom is 0.525 e. The minimum absolute atomic E-state index is 0.0787. The second kappa shape index (κ2) is 7.35.